The Kier molecular flexibility index (Phi) is 10.1. The molecule has 0 aliphatic heterocycles. The van der Waals surface area contributed by atoms with Crippen LogP contribution in [0.15, 0.2) is 158 Å². The highest BCUT2D eigenvalue weighted by Gasteiger charge is 2.03. The van der Waals surface area contributed by atoms with E-state index in [1.54, 1.807) is 0 Å². The summed E-state index contributed by atoms with van der Waals surface area (Å²) >= 11 is 0. The maximum Gasteiger partial charge on any atom is -0.0178 e. The van der Waals surface area contributed by atoms with Crippen LogP contribution >= 0.6 is 0 Å². The second-order valence-electron chi connectivity index (χ2n) is 8.90. The Morgan fingerprint density at radius 2 is 0.737 bits per heavy atom. The fourth-order valence-corrected chi connectivity index (χ4v) is 4.48. The van der Waals surface area contributed by atoms with Crippen LogP contribution in [-0.2, 0) is 0 Å². The van der Waals surface area contributed by atoms with Crippen molar-refractivity contribution in [3.8, 4) is 33.4 Å². The van der Waals surface area contributed by atoms with Gasteiger partial charge >= 0.3 is 0 Å². The summed E-state index contributed by atoms with van der Waals surface area (Å²) in [5.41, 5.74) is 10.3. The Balaban J connectivity index is 0.000000166. The van der Waals surface area contributed by atoms with Gasteiger partial charge in [0.25, 0.3) is 0 Å². The molecule has 0 radical (unpaired) electrons. The first-order valence-corrected chi connectivity index (χ1v) is 13.6. The van der Waals surface area contributed by atoms with Crippen LogP contribution < -0.4 is 0 Å². The molecule has 38 heavy (non-hydrogen) atoms. The lowest BCUT2D eigenvalue weighted by molar-refractivity contribution is 1.04. The lowest BCUT2D eigenvalue weighted by Gasteiger charge is -2.09. The SMILES string of the molecule is C1=CC(c2cccc(-c3ccccc3)c2)=CCC1.CC.c1ccc(-c2cccc(-c3ccccc3)c2)cc1. The van der Waals surface area contributed by atoms with Gasteiger partial charge in [-0.2, -0.15) is 0 Å². The maximum absolute atomic E-state index is 2.32. The summed E-state index contributed by atoms with van der Waals surface area (Å²) in [6, 6.07) is 48.9. The monoisotopic (exact) mass is 492 g/mol. The normalized spacial score (nSPS) is 11.8. The number of allylic oxidation sites excluding steroid dienone is 4. The Morgan fingerprint density at radius 3 is 1.13 bits per heavy atom. The van der Waals surface area contributed by atoms with Crippen LogP contribution in [-0.4, -0.2) is 0 Å². The standard InChI is InChI=1S/C18H16.C18H14.C2H6/c2*1-3-8-15(9-4-1)17-12-7-13-18(14-17)16-10-5-2-6-11-16;1-2/h1,3-5,7-14H,2,6H2;1-14H;1-2H3. The second-order valence-corrected chi connectivity index (χ2v) is 8.90. The van der Waals surface area contributed by atoms with E-state index < -0.39 is 0 Å². The van der Waals surface area contributed by atoms with E-state index in [0.29, 0.717) is 0 Å². The van der Waals surface area contributed by atoms with Gasteiger partial charge < -0.3 is 0 Å². The van der Waals surface area contributed by atoms with Crippen molar-refractivity contribution < 1.29 is 0 Å². The zero-order valence-corrected chi connectivity index (χ0v) is 22.4. The first kappa shape index (κ1) is 26.6. The van der Waals surface area contributed by atoms with Gasteiger partial charge in [0, 0.05) is 0 Å². The average Bonchev–Trinajstić information content (AvgIpc) is 3.04. The van der Waals surface area contributed by atoms with Crippen molar-refractivity contribution >= 4 is 5.57 Å². The Hall–Kier alpha value is -4.42. The van der Waals surface area contributed by atoms with E-state index in [4.69, 9.17) is 0 Å². The lowest BCUT2D eigenvalue weighted by Crippen LogP contribution is -1.87. The molecule has 0 amide bonds. The number of hydrogen-bond acceptors (Lipinski definition) is 0. The summed E-state index contributed by atoms with van der Waals surface area (Å²) in [4.78, 5) is 0. The van der Waals surface area contributed by atoms with E-state index in [1.807, 2.05) is 26.0 Å². The summed E-state index contributed by atoms with van der Waals surface area (Å²) in [7, 11) is 0. The summed E-state index contributed by atoms with van der Waals surface area (Å²) < 4.78 is 0. The molecule has 1 aliphatic rings. The second kappa shape index (κ2) is 14.4. The van der Waals surface area contributed by atoms with E-state index in [0.717, 1.165) is 6.42 Å². The van der Waals surface area contributed by atoms with Crippen LogP contribution in [0.2, 0.25) is 0 Å². The van der Waals surface area contributed by atoms with Crippen LogP contribution in [0, 0.1) is 0 Å². The van der Waals surface area contributed by atoms with E-state index in [2.05, 4.69) is 146 Å². The van der Waals surface area contributed by atoms with Gasteiger partial charge in [-0.15, -0.1) is 0 Å². The van der Waals surface area contributed by atoms with E-state index >= 15 is 0 Å². The molecule has 0 fully saturated rings. The Bertz CT molecular complexity index is 1390. The molecule has 0 N–H and O–H groups in total. The van der Waals surface area contributed by atoms with E-state index in [1.165, 1.54) is 50.9 Å². The molecule has 5 aromatic rings. The summed E-state index contributed by atoms with van der Waals surface area (Å²) in [6.07, 6.45) is 9.13. The number of benzene rings is 5. The lowest BCUT2D eigenvalue weighted by atomic mass is 9.96. The summed E-state index contributed by atoms with van der Waals surface area (Å²) in [6.45, 7) is 4.00. The van der Waals surface area contributed by atoms with Gasteiger partial charge in [-0.05, 0) is 69.5 Å². The number of hydrogen-bond donors (Lipinski definition) is 0. The molecular weight excluding hydrogens is 456 g/mol. The minimum absolute atomic E-state index is 1.15. The van der Waals surface area contributed by atoms with Crippen LogP contribution in [0.1, 0.15) is 32.3 Å². The molecule has 0 aromatic heterocycles. The van der Waals surface area contributed by atoms with Gasteiger partial charge in [0.1, 0.15) is 0 Å². The third kappa shape index (κ3) is 7.31. The number of rotatable bonds is 4. The molecule has 0 spiro atoms. The zero-order chi connectivity index (χ0) is 26.4. The van der Waals surface area contributed by atoms with Crippen LogP contribution in [0.4, 0.5) is 0 Å². The maximum atomic E-state index is 2.32. The highest BCUT2D eigenvalue weighted by Crippen LogP contribution is 2.27. The fraction of sp³-hybridized carbons (Fsp3) is 0.105. The van der Waals surface area contributed by atoms with Crippen LogP contribution in [0.25, 0.3) is 39.0 Å². The summed E-state index contributed by atoms with van der Waals surface area (Å²) in [5.74, 6) is 0. The van der Waals surface area contributed by atoms with Gasteiger partial charge in [-0.3, -0.25) is 0 Å². The molecule has 0 saturated carbocycles. The highest BCUT2D eigenvalue weighted by atomic mass is 14.1. The molecule has 0 bridgehead atoms. The highest BCUT2D eigenvalue weighted by molar-refractivity contribution is 5.78. The topological polar surface area (TPSA) is 0 Å². The van der Waals surface area contributed by atoms with Crippen molar-refractivity contribution in [2.45, 2.75) is 26.7 Å². The predicted molar refractivity (Wildman–Crippen MR) is 167 cm³/mol. The predicted octanol–water partition coefficient (Wildman–Crippen LogP) is 11.1. The van der Waals surface area contributed by atoms with E-state index in [-0.39, 0.29) is 0 Å². The third-order valence-electron chi connectivity index (χ3n) is 6.37. The van der Waals surface area contributed by atoms with Crippen molar-refractivity contribution in [2.24, 2.45) is 0 Å². The third-order valence-corrected chi connectivity index (χ3v) is 6.37. The van der Waals surface area contributed by atoms with Crippen LogP contribution in [0.5, 0.6) is 0 Å². The average molecular weight is 493 g/mol. The molecule has 6 rings (SSSR count). The van der Waals surface area contributed by atoms with Crippen LogP contribution in [0.3, 0.4) is 0 Å². The smallest absolute Gasteiger partial charge is 0.0178 e. The fourth-order valence-electron chi connectivity index (χ4n) is 4.48. The van der Waals surface area contributed by atoms with Crippen molar-refractivity contribution in [3.05, 3.63) is 163 Å². The molecule has 0 nitrogen and oxygen atoms in total. The Morgan fingerprint density at radius 1 is 0.368 bits per heavy atom. The molecule has 0 heterocycles. The van der Waals surface area contributed by atoms with Gasteiger partial charge in [0.2, 0.25) is 0 Å². The van der Waals surface area contributed by atoms with Crippen molar-refractivity contribution in [1.82, 2.24) is 0 Å². The summed E-state index contributed by atoms with van der Waals surface area (Å²) in [5, 5.41) is 0. The molecule has 0 unspecified atom stereocenters. The molecule has 5 aromatic carbocycles. The first-order valence-electron chi connectivity index (χ1n) is 13.6. The minimum atomic E-state index is 1.15. The minimum Gasteiger partial charge on any atom is -0.0836 e. The van der Waals surface area contributed by atoms with Gasteiger partial charge in [0.05, 0.1) is 0 Å². The molecule has 1 aliphatic carbocycles. The quantitative estimate of drug-likeness (QED) is 0.234. The van der Waals surface area contributed by atoms with Gasteiger partial charge in [0.15, 0.2) is 0 Å². The molecule has 0 atom stereocenters. The zero-order valence-electron chi connectivity index (χ0n) is 22.4. The molecule has 0 heteroatoms. The van der Waals surface area contributed by atoms with Gasteiger partial charge in [-0.1, -0.05) is 159 Å². The van der Waals surface area contributed by atoms with Crippen molar-refractivity contribution in [2.75, 3.05) is 0 Å². The van der Waals surface area contributed by atoms with Crippen molar-refractivity contribution in [3.63, 3.8) is 0 Å². The largest absolute Gasteiger partial charge is 0.0836 e. The Labute approximate surface area is 228 Å². The van der Waals surface area contributed by atoms with E-state index in [9.17, 15) is 0 Å². The first-order chi connectivity index (χ1) is 18.9. The molecular formula is C38H36. The van der Waals surface area contributed by atoms with Crippen molar-refractivity contribution in [1.29, 1.82) is 0 Å². The molecule has 0 saturated heterocycles. The molecule has 188 valence electrons. The van der Waals surface area contributed by atoms with Gasteiger partial charge in [-0.25, -0.2) is 0 Å².